The molecule has 3 aromatic carbocycles. The zero-order valence-corrected chi connectivity index (χ0v) is 25.9. The van der Waals surface area contributed by atoms with Gasteiger partial charge < -0.3 is 29.5 Å². The van der Waals surface area contributed by atoms with E-state index < -0.39 is 12.1 Å². The van der Waals surface area contributed by atoms with Gasteiger partial charge in [0.1, 0.15) is 12.4 Å². The fourth-order valence-corrected chi connectivity index (χ4v) is 4.86. The van der Waals surface area contributed by atoms with E-state index in [9.17, 15) is 14.7 Å². The fraction of sp³-hybridized carbons (Fsp3) is 0.375. The van der Waals surface area contributed by atoms with E-state index in [0.717, 1.165) is 33.5 Å². The maximum absolute atomic E-state index is 13.3. The summed E-state index contributed by atoms with van der Waals surface area (Å²) in [7, 11) is 0. The third-order valence-electron chi connectivity index (χ3n) is 6.68. The molecule has 0 radical (unpaired) electrons. The Labute approximate surface area is 257 Å². The number of nitrogens with one attached hydrogen (secondary N) is 1. The molecule has 1 unspecified atom stereocenters. The number of hydrogen-bond acceptors (Lipinski definition) is 5. The third-order valence-corrected chi connectivity index (χ3v) is 7.12. The molecule has 0 aliphatic rings. The molecule has 0 spiro atoms. The molecule has 0 fully saturated rings. The number of carbonyl (C=O) groups is 2. The van der Waals surface area contributed by atoms with Crippen molar-refractivity contribution in [2.24, 2.45) is 0 Å². The molecular formula is C32H38Cl2N2O6. The number of benzene rings is 3. The number of amides is 2. The number of carboxylic acid groups (broad SMARTS) is 1. The summed E-state index contributed by atoms with van der Waals surface area (Å²) < 4.78 is 17.0. The van der Waals surface area contributed by atoms with Gasteiger partial charge in [-0.1, -0.05) is 41.4 Å². The number of rotatable bonds is 15. The first-order valence-electron chi connectivity index (χ1n) is 13.8. The van der Waals surface area contributed by atoms with Crippen molar-refractivity contribution in [1.82, 2.24) is 4.90 Å². The minimum absolute atomic E-state index is 0.249. The number of nitrogens with zero attached hydrogens (tertiary/aromatic N) is 1. The number of aliphatic carboxylic acids is 1. The largest absolute Gasteiger partial charge is 0.492 e. The van der Waals surface area contributed by atoms with Crippen LogP contribution in [-0.2, 0) is 27.3 Å². The lowest BCUT2D eigenvalue weighted by molar-refractivity contribution is -0.149. The van der Waals surface area contributed by atoms with E-state index in [1.165, 1.54) is 0 Å². The van der Waals surface area contributed by atoms with E-state index in [1.807, 2.05) is 45.0 Å². The van der Waals surface area contributed by atoms with Crippen LogP contribution >= 0.6 is 23.2 Å². The van der Waals surface area contributed by atoms with Crippen molar-refractivity contribution in [2.45, 2.75) is 46.8 Å². The predicted octanol–water partition coefficient (Wildman–Crippen LogP) is 7.08. The summed E-state index contributed by atoms with van der Waals surface area (Å²) in [5.74, 6) is -0.381. The van der Waals surface area contributed by atoms with Gasteiger partial charge in [-0.3, -0.25) is 0 Å². The van der Waals surface area contributed by atoms with Crippen LogP contribution in [0.2, 0.25) is 10.0 Å². The molecule has 226 valence electrons. The van der Waals surface area contributed by atoms with Crippen molar-refractivity contribution in [1.29, 1.82) is 0 Å². The molecule has 0 heterocycles. The maximum Gasteiger partial charge on any atom is 0.333 e. The van der Waals surface area contributed by atoms with Gasteiger partial charge in [0, 0.05) is 35.3 Å². The molecule has 0 saturated carbocycles. The average molecular weight is 618 g/mol. The molecule has 3 rings (SSSR count). The Bertz CT molecular complexity index is 1330. The maximum atomic E-state index is 13.3. The number of halogens is 2. The Morgan fingerprint density at radius 2 is 1.52 bits per heavy atom. The smallest absolute Gasteiger partial charge is 0.333 e. The standard InChI is InChI=1S/C32H38Cl2N2O6/c1-5-41-30(31(37)38)18-24-6-8-28(9-7-24)42-13-11-36(10-12-40-20-25-16-26(33)19-27(34)17-25)32(39)35-29-15-22(3)21(2)14-23(29)4/h6-9,14-17,19,30H,5,10-13,18,20H2,1-4H3,(H,35,39)(H,37,38). The Balaban J connectivity index is 1.60. The Kier molecular flexibility index (Phi) is 12.9. The molecule has 2 amide bonds. The van der Waals surface area contributed by atoms with Gasteiger partial charge in [-0.2, -0.15) is 0 Å². The highest BCUT2D eigenvalue weighted by Gasteiger charge is 2.18. The molecule has 0 saturated heterocycles. The van der Waals surface area contributed by atoms with E-state index in [1.54, 1.807) is 42.2 Å². The van der Waals surface area contributed by atoms with Crippen LogP contribution in [0.25, 0.3) is 0 Å². The summed E-state index contributed by atoms with van der Waals surface area (Å²) in [5.41, 5.74) is 5.65. The van der Waals surface area contributed by atoms with Crippen molar-refractivity contribution in [3.05, 3.63) is 92.5 Å². The van der Waals surface area contributed by atoms with Gasteiger partial charge in [-0.15, -0.1) is 0 Å². The van der Waals surface area contributed by atoms with Gasteiger partial charge in [0.05, 0.1) is 19.8 Å². The molecule has 8 nitrogen and oxygen atoms in total. The normalized spacial score (nSPS) is 11.7. The van der Waals surface area contributed by atoms with Crippen molar-refractivity contribution < 1.29 is 28.9 Å². The zero-order chi connectivity index (χ0) is 30.6. The van der Waals surface area contributed by atoms with Crippen LogP contribution < -0.4 is 10.1 Å². The quantitative estimate of drug-likeness (QED) is 0.177. The molecule has 10 heteroatoms. The lowest BCUT2D eigenvalue weighted by Crippen LogP contribution is -2.40. The molecule has 0 aliphatic heterocycles. The van der Waals surface area contributed by atoms with E-state index in [0.29, 0.717) is 48.7 Å². The lowest BCUT2D eigenvalue weighted by Gasteiger charge is -2.24. The monoisotopic (exact) mass is 616 g/mol. The highest BCUT2D eigenvalue weighted by atomic mass is 35.5. The van der Waals surface area contributed by atoms with Crippen molar-refractivity contribution in [3.8, 4) is 5.75 Å². The van der Waals surface area contributed by atoms with Crippen molar-refractivity contribution >= 4 is 40.9 Å². The van der Waals surface area contributed by atoms with Crippen LogP contribution in [0.3, 0.4) is 0 Å². The van der Waals surface area contributed by atoms with Gasteiger partial charge in [0.2, 0.25) is 0 Å². The predicted molar refractivity (Wildman–Crippen MR) is 166 cm³/mol. The van der Waals surface area contributed by atoms with E-state index in [-0.39, 0.29) is 19.1 Å². The Hall–Kier alpha value is -3.30. The number of hydrogen-bond donors (Lipinski definition) is 2. The number of carboxylic acids is 1. The number of aryl methyl sites for hydroxylation is 3. The first-order chi connectivity index (χ1) is 20.0. The second-order valence-electron chi connectivity index (χ2n) is 9.98. The fourth-order valence-electron chi connectivity index (χ4n) is 4.29. The van der Waals surface area contributed by atoms with E-state index in [4.69, 9.17) is 37.4 Å². The van der Waals surface area contributed by atoms with Crippen LogP contribution in [0.4, 0.5) is 10.5 Å². The van der Waals surface area contributed by atoms with Crippen LogP contribution in [0.1, 0.15) is 34.7 Å². The van der Waals surface area contributed by atoms with Crippen molar-refractivity contribution in [3.63, 3.8) is 0 Å². The van der Waals surface area contributed by atoms with Crippen LogP contribution in [0, 0.1) is 20.8 Å². The van der Waals surface area contributed by atoms with Gasteiger partial charge in [-0.05, 0) is 91.9 Å². The average Bonchev–Trinajstić information content (AvgIpc) is 2.93. The number of urea groups is 1. The minimum atomic E-state index is -0.994. The molecule has 2 N–H and O–H groups in total. The first kappa shape index (κ1) is 33.2. The lowest BCUT2D eigenvalue weighted by atomic mass is 10.1. The number of carbonyl (C=O) groups excluding carboxylic acids is 1. The zero-order valence-electron chi connectivity index (χ0n) is 24.4. The van der Waals surface area contributed by atoms with E-state index in [2.05, 4.69) is 5.32 Å². The number of ether oxygens (including phenoxy) is 3. The van der Waals surface area contributed by atoms with Crippen molar-refractivity contribution in [2.75, 3.05) is 38.2 Å². The van der Waals surface area contributed by atoms with Crippen LogP contribution in [0.5, 0.6) is 5.75 Å². The summed E-state index contributed by atoms with van der Waals surface area (Å²) in [4.78, 5) is 26.3. The molecule has 1 atom stereocenters. The van der Waals surface area contributed by atoms with Gasteiger partial charge in [0.25, 0.3) is 0 Å². The molecule has 0 aromatic heterocycles. The highest BCUT2D eigenvalue weighted by molar-refractivity contribution is 6.34. The summed E-state index contributed by atoms with van der Waals surface area (Å²) in [6.45, 7) is 9.60. The van der Waals surface area contributed by atoms with Crippen LogP contribution in [-0.4, -0.2) is 61.0 Å². The van der Waals surface area contributed by atoms with Gasteiger partial charge in [-0.25, -0.2) is 9.59 Å². The Morgan fingerprint density at radius 1 is 0.881 bits per heavy atom. The van der Waals surface area contributed by atoms with E-state index >= 15 is 0 Å². The summed E-state index contributed by atoms with van der Waals surface area (Å²) in [6, 6.07) is 16.2. The highest BCUT2D eigenvalue weighted by Crippen LogP contribution is 2.22. The molecule has 0 bridgehead atoms. The summed E-state index contributed by atoms with van der Waals surface area (Å²) in [5, 5.41) is 13.4. The topological polar surface area (TPSA) is 97.3 Å². The molecule has 0 aliphatic carbocycles. The Morgan fingerprint density at radius 3 is 2.17 bits per heavy atom. The third kappa shape index (κ3) is 10.5. The van der Waals surface area contributed by atoms with Gasteiger partial charge in [0.15, 0.2) is 6.10 Å². The van der Waals surface area contributed by atoms with Gasteiger partial charge >= 0.3 is 12.0 Å². The molecular weight excluding hydrogens is 579 g/mol. The summed E-state index contributed by atoms with van der Waals surface area (Å²) >= 11 is 12.2. The number of anilines is 1. The minimum Gasteiger partial charge on any atom is -0.492 e. The SMILES string of the molecule is CCOC(Cc1ccc(OCCN(CCOCc2cc(Cl)cc(Cl)c2)C(=O)Nc2cc(C)c(C)cc2C)cc1)C(=O)O. The second kappa shape index (κ2) is 16.4. The molecule has 3 aromatic rings. The molecule has 42 heavy (non-hydrogen) atoms. The summed E-state index contributed by atoms with van der Waals surface area (Å²) in [6.07, 6.45) is -0.635. The van der Waals surface area contributed by atoms with Crippen LogP contribution in [0.15, 0.2) is 54.6 Å². The first-order valence-corrected chi connectivity index (χ1v) is 14.5. The second-order valence-corrected chi connectivity index (χ2v) is 10.9.